The van der Waals surface area contributed by atoms with E-state index in [0.717, 1.165) is 18.4 Å². The van der Waals surface area contributed by atoms with Crippen molar-refractivity contribution < 1.29 is 14.3 Å². The number of methoxy groups -OCH3 is 1. The molecule has 0 bridgehead atoms. The number of benzene rings is 1. The molecule has 1 heterocycles. The Hall–Kier alpha value is -1.49. The largest absolute Gasteiger partial charge is 0.467 e. The van der Waals surface area contributed by atoms with Gasteiger partial charge in [0.05, 0.1) is 7.11 Å². The summed E-state index contributed by atoms with van der Waals surface area (Å²) >= 11 is 1.64. The maximum atomic E-state index is 12.9. The number of unbranched alkanes of at least 4 members (excludes halogenated alkanes) is 4. The van der Waals surface area contributed by atoms with Crippen molar-refractivity contribution >= 4 is 23.6 Å². The third-order valence-corrected chi connectivity index (χ3v) is 5.94. The number of hydrogen-bond donors (Lipinski definition) is 0. The maximum Gasteiger partial charge on any atom is 0.329 e. The molecule has 2 rings (SSSR count). The molecule has 4 nitrogen and oxygen atoms in total. The lowest BCUT2D eigenvalue weighted by Gasteiger charge is -2.28. The van der Waals surface area contributed by atoms with Gasteiger partial charge in [-0.15, -0.1) is 11.8 Å². The fourth-order valence-electron chi connectivity index (χ4n) is 3.13. The van der Waals surface area contributed by atoms with Gasteiger partial charge in [-0.2, -0.15) is 0 Å². The first-order valence-corrected chi connectivity index (χ1v) is 10.2. The molecule has 0 spiro atoms. The smallest absolute Gasteiger partial charge is 0.329 e. The molecule has 1 fully saturated rings. The van der Waals surface area contributed by atoms with Gasteiger partial charge in [0.15, 0.2) is 0 Å². The van der Waals surface area contributed by atoms with E-state index in [4.69, 9.17) is 4.74 Å². The minimum absolute atomic E-state index is 0.0578. The summed E-state index contributed by atoms with van der Waals surface area (Å²) in [5.41, 5.74) is 2.26. The number of esters is 1. The number of ether oxygens (including phenoxy) is 1. The lowest BCUT2D eigenvalue weighted by atomic mass is 10.1. The molecule has 0 radical (unpaired) electrons. The van der Waals surface area contributed by atoms with Gasteiger partial charge in [0.25, 0.3) is 0 Å². The van der Waals surface area contributed by atoms with E-state index in [1.165, 1.54) is 31.9 Å². The number of nitrogens with zero attached hydrogens (tertiary/aromatic N) is 1. The molecule has 0 saturated carbocycles. The van der Waals surface area contributed by atoms with Gasteiger partial charge in [-0.05, 0) is 18.9 Å². The van der Waals surface area contributed by atoms with Gasteiger partial charge in [0.1, 0.15) is 11.4 Å². The zero-order chi connectivity index (χ0) is 18.2. The van der Waals surface area contributed by atoms with Crippen LogP contribution in [0.25, 0.3) is 0 Å². The highest BCUT2D eigenvalue weighted by Crippen LogP contribution is 2.42. The van der Waals surface area contributed by atoms with Crippen LogP contribution in [-0.2, 0) is 14.3 Å². The summed E-state index contributed by atoms with van der Waals surface area (Å²) < 4.78 is 4.93. The quantitative estimate of drug-likeness (QED) is 0.505. The number of amides is 1. The summed E-state index contributed by atoms with van der Waals surface area (Å²) in [4.78, 5) is 26.8. The predicted molar refractivity (Wildman–Crippen MR) is 102 cm³/mol. The molecule has 1 aromatic carbocycles. The molecule has 1 amide bonds. The van der Waals surface area contributed by atoms with Gasteiger partial charge >= 0.3 is 5.97 Å². The van der Waals surface area contributed by atoms with Gasteiger partial charge in [-0.1, -0.05) is 62.4 Å². The molecule has 0 aromatic heterocycles. The van der Waals surface area contributed by atoms with Crippen LogP contribution in [0.4, 0.5) is 0 Å². The first-order valence-electron chi connectivity index (χ1n) is 9.15. The lowest BCUT2D eigenvalue weighted by Crippen LogP contribution is -2.43. The first kappa shape index (κ1) is 19.8. The molecule has 1 aromatic rings. The summed E-state index contributed by atoms with van der Waals surface area (Å²) in [5.74, 6) is 0.330. The summed E-state index contributed by atoms with van der Waals surface area (Å²) in [6, 6.07) is 7.72. The van der Waals surface area contributed by atoms with Crippen LogP contribution in [0.15, 0.2) is 24.3 Å². The van der Waals surface area contributed by atoms with E-state index in [-0.39, 0.29) is 17.3 Å². The molecular formula is C20H29NO3S. The number of carbonyl (C=O) groups is 2. The number of thioether (sulfide) groups is 1. The molecule has 2 unspecified atom stereocenters. The van der Waals surface area contributed by atoms with Crippen molar-refractivity contribution in [2.24, 2.45) is 0 Å². The Kier molecular flexibility index (Phi) is 7.82. The molecular weight excluding hydrogens is 334 g/mol. The summed E-state index contributed by atoms with van der Waals surface area (Å²) in [7, 11) is 1.39. The Labute approximate surface area is 155 Å². The van der Waals surface area contributed by atoms with Crippen molar-refractivity contribution in [1.82, 2.24) is 4.90 Å². The summed E-state index contributed by atoms with van der Waals surface area (Å²) in [6.07, 6.45) is 6.02. The van der Waals surface area contributed by atoms with Crippen molar-refractivity contribution in [2.45, 2.75) is 63.8 Å². The Bertz CT molecular complexity index is 573. The second kappa shape index (κ2) is 9.85. The van der Waals surface area contributed by atoms with E-state index in [1.807, 2.05) is 19.1 Å². The van der Waals surface area contributed by atoms with Gasteiger partial charge in [-0.3, -0.25) is 4.79 Å². The minimum Gasteiger partial charge on any atom is -0.467 e. The molecule has 5 heteroatoms. The zero-order valence-corrected chi connectivity index (χ0v) is 16.3. The van der Waals surface area contributed by atoms with Crippen LogP contribution in [0.3, 0.4) is 0 Å². The Morgan fingerprint density at radius 2 is 1.84 bits per heavy atom. The van der Waals surface area contributed by atoms with Gasteiger partial charge in [0.2, 0.25) is 5.91 Å². The second-order valence-corrected chi connectivity index (χ2v) is 7.71. The summed E-state index contributed by atoms with van der Waals surface area (Å²) in [6.45, 7) is 4.22. The number of aryl methyl sites for hydroxylation is 1. The van der Waals surface area contributed by atoms with E-state index in [0.29, 0.717) is 12.2 Å². The van der Waals surface area contributed by atoms with Crippen molar-refractivity contribution in [3.05, 3.63) is 35.4 Å². The highest BCUT2D eigenvalue weighted by Gasteiger charge is 2.42. The fourth-order valence-corrected chi connectivity index (χ4v) is 4.56. The highest BCUT2D eigenvalue weighted by molar-refractivity contribution is 7.99. The average molecular weight is 364 g/mol. The first-order chi connectivity index (χ1) is 12.1. The van der Waals surface area contributed by atoms with Crippen molar-refractivity contribution in [1.29, 1.82) is 0 Å². The number of rotatable bonds is 8. The van der Waals surface area contributed by atoms with Crippen LogP contribution in [0, 0.1) is 6.92 Å². The molecule has 1 aliphatic heterocycles. The van der Waals surface area contributed by atoms with E-state index < -0.39 is 6.04 Å². The average Bonchev–Trinajstić information content (AvgIpc) is 3.06. The van der Waals surface area contributed by atoms with Crippen LogP contribution in [0.1, 0.15) is 61.9 Å². The third-order valence-electron chi connectivity index (χ3n) is 4.62. The second-order valence-electron chi connectivity index (χ2n) is 6.60. The van der Waals surface area contributed by atoms with Crippen LogP contribution in [0.2, 0.25) is 0 Å². The SMILES string of the molecule is CCCCCCCC(=O)N1C(C(=O)OC)CSC1c1ccc(C)cc1. The maximum absolute atomic E-state index is 12.9. The molecule has 2 atom stereocenters. The predicted octanol–water partition coefficient (Wildman–Crippen LogP) is 4.47. The van der Waals surface area contributed by atoms with Gasteiger partial charge in [-0.25, -0.2) is 4.79 Å². The Morgan fingerprint density at radius 1 is 1.16 bits per heavy atom. The van der Waals surface area contributed by atoms with Crippen molar-refractivity contribution in [2.75, 3.05) is 12.9 Å². The van der Waals surface area contributed by atoms with E-state index in [9.17, 15) is 9.59 Å². The molecule has 1 aliphatic rings. The fraction of sp³-hybridized carbons (Fsp3) is 0.600. The standard InChI is InChI=1S/C20H29NO3S/c1-4-5-6-7-8-9-18(22)21-17(20(23)24-3)14-25-19(21)16-12-10-15(2)11-13-16/h10-13,17,19H,4-9,14H2,1-3H3. The van der Waals surface area contributed by atoms with Crippen LogP contribution in [0.5, 0.6) is 0 Å². The monoisotopic (exact) mass is 363 g/mol. The van der Waals surface area contributed by atoms with Crippen LogP contribution in [-0.4, -0.2) is 35.7 Å². The molecule has 1 saturated heterocycles. The van der Waals surface area contributed by atoms with Crippen LogP contribution >= 0.6 is 11.8 Å². The summed E-state index contributed by atoms with van der Waals surface area (Å²) in [5, 5.41) is -0.104. The number of carbonyl (C=O) groups excluding carboxylic acids is 2. The zero-order valence-electron chi connectivity index (χ0n) is 15.5. The Balaban J connectivity index is 2.09. The molecule has 0 aliphatic carbocycles. The van der Waals surface area contributed by atoms with Gasteiger partial charge < -0.3 is 9.64 Å². The van der Waals surface area contributed by atoms with E-state index in [1.54, 1.807) is 16.7 Å². The Morgan fingerprint density at radius 3 is 2.48 bits per heavy atom. The van der Waals surface area contributed by atoms with Crippen molar-refractivity contribution in [3.63, 3.8) is 0 Å². The highest BCUT2D eigenvalue weighted by atomic mass is 32.2. The molecule has 25 heavy (non-hydrogen) atoms. The third kappa shape index (κ3) is 5.24. The lowest BCUT2D eigenvalue weighted by molar-refractivity contribution is -0.151. The van der Waals surface area contributed by atoms with Crippen molar-refractivity contribution in [3.8, 4) is 0 Å². The topological polar surface area (TPSA) is 46.6 Å². The van der Waals surface area contributed by atoms with Crippen LogP contribution < -0.4 is 0 Å². The molecule has 138 valence electrons. The van der Waals surface area contributed by atoms with E-state index in [2.05, 4.69) is 19.1 Å². The van der Waals surface area contributed by atoms with E-state index >= 15 is 0 Å². The normalized spacial score (nSPS) is 19.9. The molecule has 0 N–H and O–H groups in total. The van der Waals surface area contributed by atoms with Gasteiger partial charge in [0, 0.05) is 12.2 Å². The minimum atomic E-state index is -0.482. The number of hydrogen-bond acceptors (Lipinski definition) is 4.